The molecule has 252 valence electrons. The molecule has 2 aliphatic heterocycles. The van der Waals surface area contributed by atoms with Crippen molar-refractivity contribution in [1.29, 1.82) is 0 Å². The molecule has 1 aromatic heterocycles. The zero-order valence-electron chi connectivity index (χ0n) is 27.9. The number of hydrogen-bond donors (Lipinski definition) is 1. The number of aromatic nitrogens is 1. The lowest BCUT2D eigenvalue weighted by Gasteiger charge is -2.21. The van der Waals surface area contributed by atoms with Crippen LogP contribution in [0.5, 0.6) is 34.5 Å². The molecule has 0 bridgehead atoms. The molecule has 1 N–H and O–H groups in total. The minimum Gasteiger partial charge on any atom is -1.00 e. The van der Waals surface area contributed by atoms with Gasteiger partial charge in [0, 0.05) is 22.9 Å². The van der Waals surface area contributed by atoms with E-state index >= 15 is 0 Å². The van der Waals surface area contributed by atoms with Crippen LogP contribution in [0.3, 0.4) is 0 Å². The highest BCUT2D eigenvalue weighted by molar-refractivity contribution is 5.95. The number of allylic oxidation sites excluding steroid dienone is 2. The maximum Gasteiger partial charge on any atom is 0.231 e. The summed E-state index contributed by atoms with van der Waals surface area (Å²) in [6, 6.07) is 20.4. The average molecular weight is 770 g/mol. The minimum absolute atomic E-state index is 0. The smallest absolute Gasteiger partial charge is 0.231 e. The second kappa shape index (κ2) is 14.8. The zero-order valence-corrected chi connectivity index (χ0v) is 30.0. The molecular weight excluding hydrogens is 729 g/mol. The number of pyridine rings is 1. The number of hydrogen-bond acceptors (Lipinski definition) is 6. The van der Waals surface area contributed by atoms with Crippen LogP contribution in [0.1, 0.15) is 28.7 Å². The minimum atomic E-state index is 0. The number of rotatable bonds is 12. The van der Waals surface area contributed by atoms with Crippen LogP contribution in [0.2, 0.25) is 0 Å². The first-order valence-corrected chi connectivity index (χ1v) is 16.4. The number of aromatic hydroxyl groups is 1. The van der Waals surface area contributed by atoms with Gasteiger partial charge in [0.15, 0.2) is 35.7 Å². The lowest BCUT2D eigenvalue weighted by molar-refractivity contribution is -0.686. The van der Waals surface area contributed by atoms with Crippen LogP contribution >= 0.6 is 0 Å². The topological polar surface area (TPSA) is 70.3 Å². The van der Waals surface area contributed by atoms with Crippen LogP contribution in [0, 0.1) is 0 Å². The Bertz CT molecular complexity index is 2060. The van der Waals surface area contributed by atoms with Gasteiger partial charge < -0.3 is 52.8 Å². The van der Waals surface area contributed by atoms with Crippen LogP contribution in [0.4, 0.5) is 0 Å². The first kappa shape index (κ1) is 34.2. The van der Waals surface area contributed by atoms with Gasteiger partial charge in [-0.05, 0) is 96.5 Å². The van der Waals surface area contributed by atoms with Gasteiger partial charge in [-0.25, -0.2) is 0 Å². The maximum atomic E-state index is 10.4. The fourth-order valence-corrected chi connectivity index (χ4v) is 6.99. The molecule has 0 saturated carbocycles. The molecule has 7 rings (SSSR count). The summed E-state index contributed by atoms with van der Waals surface area (Å²) < 4.78 is 32.0. The molecule has 0 unspecified atom stereocenters. The highest BCUT2D eigenvalue weighted by Gasteiger charge is 2.32. The first-order chi connectivity index (χ1) is 23.5. The lowest BCUT2D eigenvalue weighted by atomic mass is 9.89. The number of methoxy groups -OCH3 is 2. The van der Waals surface area contributed by atoms with E-state index in [2.05, 4.69) is 54.3 Å². The van der Waals surface area contributed by atoms with Crippen molar-refractivity contribution in [2.45, 2.75) is 38.6 Å². The Morgan fingerprint density at radius 1 is 0.857 bits per heavy atom. The molecule has 3 heterocycles. The molecule has 8 heteroatoms. The predicted octanol–water partition coefficient (Wildman–Crippen LogP) is 4.94. The molecule has 0 atom stereocenters. The highest BCUT2D eigenvalue weighted by atomic mass is 127. The Hall–Kier alpha value is -4.70. The fraction of sp³-hybridized carbons (Fsp3) is 0.244. The number of phenolic OH excluding ortho intramolecular Hbond substituents is 1. The summed E-state index contributed by atoms with van der Waals surface area (Å²) in [5, 5.41) is 12.5. The summed E-state index contributed by atoms with van der Waals surface area (Å²) in [5.41, 5.74) is 8.78. The Kier molecular flexibility index (Phi) is 10.3. The van der Waals surface area contributed by atoms with Crippen molar-refractivity contribution in [3.05, 3.63) is 114 Å². The Labute approximate surface area is 304 Å². The molecule has 5 aromatic rings. The molecule has 7 nitrogen and oxygen atoms in total. The second-order valence-corrected chi connectivity index (χ2v) is 12.1. The van der Waals surface area contributed by atoms with E-state index in [1.165, 1.54) is 22.4 Å². The van der Waals surface area contributed by atoms with E-state index in [4.69, 9.17) is 23.7 Å². The van der Waals surface area contributed by atoms with Gasteiger partial charge in [0.25, 0.3) is 0 Å². The van der Waals surface area contributed by atoms with Crippen molar-refractivity contribution in [2.75, 3.05) is 27.6 Å². The Morgan fingerprint density at radius 2 is 1.65 bits per heavy atom. The van der Waals surface area contributed by atoms with Gasteiger partial charge >= 0.3 is 0 Å². The number of nitrogens with zero attached hydrogens (tertiary/aromatic N) is 1. The largest absolute Gasteiger partial charge is 1.00 e. The standard InChI is InChI=1S/C41H39NO6.HI/c1-5-8-26-11-15-36(32(20-26)27-12-14-35(43)29(21-27)9-6-2)46-19-7-10-31-30-13-16-37(44-3)41(45-4)34(30)24-42-18-17-28-22-38-39(48-25-47-38)23-33(28)40(31)42;/h5-6,11-16,20-24H,1-2,7-10,17-19,25H2,3-4H3;1H. The summed E-state index contributed by atoms with van der Waals surface area (Å²) in [6.07, 6.45) is 9.68. The summed E-state index contributed by atoms with van der Waals surface area (Å²) in [4.78, 5) is 0. The molecule has 2 aliphatic rings. The van der Waals surface area contributed by atoms with Gasteiger partial charge in [-0.1, -0.05) is 24.3 Å². The van der Waals surface area contributed by atoms with Gasteiger partial charge in [-0.2, -0.15) is 4.57 Å². The quantitative estimate of drug-likeness (QED) is 0.0841. The number of ether oxygens (including phenoxy) is 5. The maximum absolute atomic E-state index is 10.4. The molecule has 0 spiro atoms. The number of aryl methyl sites for hydroxylation is 3. The number of phenols is 1. The Balaban J connectivity index is 0.00000417. The summed E-state index contributed by atoms with van der Waals surface area (Å²) in [5.74, 6) is 4.09. The lowest BCUT2D eigenvalue weighted by Crippen LogP contribution is -3.00. The van der Waals surface area contributed by atoms with E-state index in [1.54, 1.807) is 26.4 Å². The van der Waals surface area contributed by atoms with Crippen molar-refractivity contribution < 1.29 is 57.3 Å². The van der Waals surface area contributed by atoms with Crippen LogP contribution in [0.25, 0.3) is 33.2 Å². The van der Waals surface area contributed by atoms with Crippen LogP contribution in [-0.2, 0) is 32.2 Å². The average Bonchev–Trinajstić information content (AvgIpc) is 3.57. The van der Waals surface area contributed by atoms with Crippen molar-refractivity contribution in [3.63, 3.8) is 0 Å². The first-order valence-electron chi connectivity index (χ1n) is 16.4. The summed E-state index contributed by atoms with van der Waals surface area (Å²) >= 11 is 0. The fourth-order valence-electron chi connectivity index (χ4n) is 6.99. The molecule has 49 heavy (non-hydrogen) atoms. The van der Waals surface area contributed by atoms with Gasteiger partial charge in [-0.3, -0.25) is 0 Å². The number of benzene rings is 4. The normalized spacial score (nSPS) is 12.4. The molecular formula is C41H40INO6. The van der Waals surface area contributed by atoms with Crippen molar-refractivity contribution >= 4 is 10.8 Å². The SMILES string of the molecule is C=CCc1ccc(OCCCc2c3[n+](cc4c(OC)c(OC)ccc24)CCc2cc4c(cc2-3)OCO4)c(-c2ccc(O)c(CC=C)c2)c1.[I-]. The van der Waals surface area contributed by atoms with E-state index in [-0.39, 0.29) is 36.5 Å². The van der Waals surface area contributed by atoms with E-state index in [0.29, 0.717) is 18.8 Å². The second-order valence-electron chi connectivity index (χ2n) is 12.1. The third kappa shape index (κ3) is 6.54. The molecule has 0 fully saturated rings. The highest BCUT2D eigenvalue weighted by Crippen LogP contribution is 2.44. The summed E-state index contributed by atoms with van der Waals surface area (Å²) in [7, 11) is 3.36. The van der Waals surface area contributed by atoms with Gasteiger partial charge in [0.05, 0.1) is 31.8 Å². The zero-order chi connectivity index (χ0) is 33.2. The monoisotopic (exact) mass is 769 g/mol. The molecule has 0 aliphatic carbocycles. The van der Waals surface area contributed by atoms with Crippen molar-refractivity contribution in [2.24, 2.45) is 0 Å². The number of fused-ring (bicyclic) bond motifs is 5. The van der Waals surface area contributed by atoms with E-state index in [1.807, 2.05) is 30.3 Å². The van der Waals surface area contributed by atoms with Crippen LogP contribution in [0.15, 0.2) is 92.2 Å². The van der Waals surface area contributed by atoms with Crippen LogP contribution < -0.4 is 52.2 Å². The summed E-state index contributed by atoms with van der Waals surface area (Å²) in [6.45, 7) is 9.36. The van der Waals surface area contributed by atoms with E-state index < -0.39 is 0 Å². The number of halogens is 1. The molecule has 0 radical (unpaired) electrons. The predicted molar refractivity (Wildman–Crippen MR) is 188 cm³/mol. The molecule has 0 amide bonds. The third-order valence-corrected chi connectivity index (χ3v) is 9.25. The Morgan fingerprint density at radius 3 is 2.43 bits per heavy atom. The van der Waals surface area contributed by atoms with Gasteiger partial charge in [-0.15, -0.1) is 13.2 Å². The molecule has 0 saturated heterocycles. The van der Waals surface area contributed by atoms with Crippen molar-refractivity contribution in [3.8, 4) is 56.9 Å². The van der Waals surface area contributed by atoms with Crippen LogP contribution in [-0.4, -0.2) is 32.7 Å². The van der Waals surface area contributed by atoms with E-state index in [9.17, 15) is 5.11 Å². The molecule has 4 aromatic carbocycles. The van der Waals surface area contributed by atoms with Crippen molar-refractivity contribution in [1.82, 2.24) is 0 Å². The van der Waals surface area contributed by atoms with Gasteiger partial charge in [0.1, 0.15) is 11.5 Å². The van der Waals surface area contributed by atoms with E-state index in [0.717, 1.165) is 88.3 Å². The van der Waals surface area contributed by atoms with Gasteiger partial charge in [0.2, 0.25) is 12.5 Å². The third-order valence-electron chi connectivity index (χ3n) is 9.25.